The second-order valence-corrected chi connectivity index (χ2v) is 5.05. The van der Waals surface area contributed by atoms with Crippen molar-refractivity contribution in [2.24, 2.45) is 0 Å². The van der Waals surface area contributed by atoms with Crippen molar-refractivity contribution in [2.75, 3.05) is 13.2 Å². The van der Waals surface area contributed by atoms with Gasteiger partial charge in [-0.1, -0.05) is 40.5 Å². The molecule has 2 N–H and O–H groups in total. The monoisotopic (exact) mass is 290 g/mol. The Bertz CT molecular complexity index is 275. The van der Waals surface area contributed by atoms with Crippen molar-refractivity contribution in [1.29, 1.82) is 0 Å². The van der Waals surface area contributed by atoms with Gasteiger partial charge >= 0.3 is 5.97 Å². The normalized spacial score (nSPS) is 15.1. The SMILES string of the molecule is CCCCOC(CC)(CC)C(O)(OCCCC)C(=O)O. The van der Waals surface area contributed by atoms with Gasteiger partial charge in [-0.25, -0.2) is 4.79 Å². The molecule has 5 heteroatoms. The van der Waals surface area contributed by atoms with Gasteiger partial charge in [-0.15, -0.1) is 0 Å². The Labute approximate surface area is 122 Å². The summed E-state index contributed by atoms with van der Waals surface area (Å²) in [5.41, 5.74) is -1.21. The lowest BCUT2D eigenvalue weighted by Gasteiger charge is -2.42. The average molecular weight is 290 g/mol. The maximum absolute atomic E-state index is 11.6. The number of carboxylic acids is 1. The van der Waals surface area contributed by atoms with E-state index in [-0.39, 0.29) is 6.61 Å². The van der Waals surface area contributed by atoms with Crippen LogP contribution in [0, 0.1) is 0 Å². The van der Waals surface area contributed by atoms with E-state index < -0.39 is 17.4 Å². The van der Waals surface area contributed by atoms with Crippen molar-refractivity contribution in [3.63, 3.8) is 0 Å². The molecule has 0 saturated heterocycles. The first-order chi connectivity index (χ1) is 9.44. The van der Waals surface area contributed by atoms with Gasteiger partial charge in [-0.2, -0.15) is 0 Å². The smallest absolute Gasteiger partial charge is 0.367 e. The first-order valence-electron chi connectivity index (χ1n) is 7.67. The van der Waals surface area contributed by atoms with Gasteiger partial charge < -0.3 is 19.7 Å². The van der Waals surface area contributed by atoms with Crippen molar-refractivity contribution >= 4 is 5.97 Å². The molecular formula is C15H30O5. The highest BCUT2D eigenvalue weighted by Crippen LogP contribution is 2.35. The van der Waals surface area contributed by atoms with Gasteiger partial charge in [0.2, 0.25) is 0 Å². The molecule has 0 aliphatic carbocycles. The number of aliphatic hydroxyl groups is 1. The van der Waals surface area contributed by atoms with E-state index >= 15 is 0 Å². The molecule has 0 aromatic heterocycles. The van der Waals surface area contributed by atoms with Gasteiger partial charge in [0.25, 0.3) is 5.79 Å². The Balaban J connectivity index is 5.14. The minimum atomic E-state index is -2.29. The van der Waals surface area contributed by atoms with Crippen LogP contribution >= 0.6 is 0 Å². The molecule has 0 radical (unpaired) electrons. The number of ether oxygens (including phenoxy) is 2. The Kier molecular flexibility index (Phi) is 9.01. The first-order valence-corrected chi connectivity index (χ1v) is 7.67. The fourth-order valence-corrected chi connectivity index (χ4v) is 2.20. The lowest BCUT2D eigenvalue weighted by atomic mass is 9.86. The zero-order valence-corrected chi connectivity index (χ0v) is 13.3. The Morgan fingerprint density at radius 1 is 0.950 bits per heavy atom. The minimum Gasteiger partial charge on any atom is -0.477 e. The third kappa shape index (κ3) is 4.43. The molecule has 1 unspecified atom stereocenters. The number of rotatable bonds is 12. The van der Waals surface area contributed by atoms with Gasteiger partial charge in [0.1, 0.15) is 5.60 Å². The predicted molar refractivity (Wildman–Crippen MR) is 77.6 cm³/mol. The Morgan fingerprint density at radius 3 is 1.75 bits per heavy atom. The van der Waals surface area contributed by atoms with Gasteiger partial charge in [0.15, 0.2) is 0 Å². The van der Waals surface area contributed by atoms with Crippen LogP contribution in [-0.2, 0) is 14.3 Å². The molecule has 20 heavy (non-hydrogen) atoms. The van der Waals surface area contributed by atoms with Crippen LogP contribution in [0.5, 0.6) is 0 Å². The number of carboxylic acid groups (broad SMARTS) is 1. The number of carbonyl (C=O) groups is 1. The van der Waals surface area contributed by atoms with E-state index in [4.69, 9.17) is 9.47 Å². The van der Waals surface area contributed by atoms with E-state index in [0.717, 1.165) is 19.3 Å². The van der Waals surface area contributed by atoms with Crippen LogP contribution in [-0.4, -0.2) is 40.8 Å². The van der Waals surface area contributed by atoms with E-state index in [9.17, 15) is 15.0 Å². The van der Waals surface area contributed by atoms with Crippen molar-refractivity contribution in [2.45, 2.75) is 77.6 Å². The van der Waals surface area contributed by atoms with Crippen LogP contribution in [0.2, 0.25) is 0 Å². The fourth-order valence-electron chi connectivity index (χ4n) is 2.20. The molecule has 0 fully saturated rings. The summed E-state index contributed by atoms with van der Waals surface area (Å²) >= 11 is 0. The summed E-state index contributed by atoms with van der Waals surface area (Å²) < 4.78 is 11.1. The molecule has 0 aromatic rings. The van der Waals surface area contributed by atoms with E-state index in [2.05, 4.69) is 0 Å². The largest absolute Gasteiger partial charge is 0.477 e. The molecule has 120 valence electrons. The van der Waals surface area contributed by atoms with Gasteiger partial charge in [0, 0.05) is 6.61 Å². The predicted octanol–water partition coefficient (Wildman–Crippen LogP) is 2.95. The molecule has 5 nitrogen and oxygen atoms in total. The van der Waals surface area contributed by atoms with Crippen LogP contribution in [0.3, 0.4) is 0 Å². The molecule has 0 amide bonds. The van der Waals surface area contributed by atoms with Crippen molar-refractivity contribution in [3.05, 3.63) is 0 Å². The standard InChI is InChI=1S/C15H30O5/c1-5-9-11-19-14(7-3,8-4)15(18,13(16)17)20-12-10-6-2/h18H,5-12H2,1-4H3,(H,16,17). The lowest BCUT2D eigenvalue weighted by molar-refractivity contribution is -0.306. The molecule has 0 rings (SSSR count). The fraction of sp³-hybridized carbons (Fsp3) is 0.933. The highest BCUT2D eigenvalue weighted by molar-refractivity contribution is 5.77. The number of aliphatic carboxylic acids is 1. The lowest BCUT2D eigenvalue weighted by Crippen LogP contribution is -2.62. The zero-order valence-electron chi connectivity index (χ0n) is 13.3. The summed E-state index contributed by atoms with van der Waals surface area (Å²) in [4.78, 5) is 11.6. The topological polar surface area (TPSA) is 76.0 Å². The van der Waals surface area contributed by atoms with Crippen LogP contribution < -0.4 is 0 Å². The third-order valence-electron chi connectivity index (χ3n) is 3.73. The number of unbranched alkanes of at least 4 members (excludes halogenated alkanes) is 2. The van der Waals surface area contributed by atoms with Gasteiger partial charge in [0.05, 0.1) is 6.61 Å². The average Bonchev–Trinajstić information content (AvgIpc) is 2.44. The van der Waals surface area contributed by atoms with Crippen LogP contribution in [0.25, 0.3) is 0 Å². The van der Waals surface area contributed by atoms with Gasteiger partial charge in [-0.3, -0.25) is 0 Å². The van der Waals surface area contributed by atoms with Crippen LogP contribution in [0.15, 0.2) is 0 Å². The molecule has 0 bridgehead atoms. The molecular weight excluding hydrogens is 260 g/mol. The van der Waals surface area contributed by atoms with E-state index in [0.29, 0.717) is 25.9 Å². The quantitative estimate of drug-likeness (QED) is 0.427. The summed E-state index contributed by atoms with van der Waals surface area (Å²) in [5, 5.41) is 20.0. The second kappa shape index (κ2) is 9.32. The summed E-state index contributed by atoms with van der Waals surface area (Å²) in [5.74, 6) is -3.67. The maximum Gasteiger partial charge on any atom is 0.367 e. The maximum atomic E-state index is 11.6. The molecule has 0 aliphatic heterocycles. The van der Waals surface area contributed by atoms with Crippen LogP contribution in [0.1, 0.15) is 66.2 Å². The molecule has 1 atom stereocenters. The van der Waals surface area contributed by atoms with E-state index in [1.54, 1.807) is 0 Å². The van der Waals surface area contributed by atoms with Crippen molar-refractivity contribution in [3.8, 4) is 0 Å². The van der Waals surface area contributed by atoms with Crippen LogP contribution in [0.4, 0.5) is 0 Å². The van der Waals surface area contributed by atoms with Crippen molar-refractivity contribution in [1.82, 2.24) is 0 Å². The zero-order chi connectivity index (χ0) is 15.6. The Morgan fingerprint density at radius 2 is 1.40 bits per heavy atom. The highest BCUT2D eigenvalue weighted by Gasteiger charge is 2.56. The second-order valence-electron chi connectivity index (χ2n) is 5.05. The summed E-state index contributed by atoms with van der Waals surface area (Å²) in [6, 6.07) is 0. The summed E-state index contributed by atoms with van der Waals surface area (Å²) in [6.45, 7) is 8.26. The van der Waals surface area contributed by atoms with E-state index in [1.165, 1.54) is 0 Å². The number of hydrogen-bond acceptors (Lipinski definition) is 4. The molecule has 0 spiro atoms. The third-order valence-corrected chi connectivity index (χ3v) is 3.73. The number of hydrogen-bond donors (Lipinski definition) is 2. The highest BCUT2D eigenvalue weighted by atomic mass is 16.7. The van der Waals surface area contributed by atoms with Gasteiger partial charge in [-0.05, 0) is 25.7 Å². The van der Waals surface area contributed by atoms with E-state index in [1.807, 2.05) is 27.7 Å². The minimum absolute atomic E-state index is 0.207. The molecule has 0 aliphatic rings. The Hall–Kier alpha value is -0.650. The van der Waals surface area contributed by atoms with Crippen molar-refractivity contribution < 1.29 is 24.5 Å². The molecule has 0 aromatic carbocycles. The molecule has 0 saturated carbocycles. The first kappa shape index (κ1) is 19.4. The molecule has 0 heterocycles. The summed E-state index contributed by atoms with van der Waals surface area (Å²) in [7, 11) is 0. The summed E-state index contributed by atoms with van der Waals surface area (Å²) in [6.07, 6.45) is 4.11.